The topological polar surface area (TPSA) is 34.9 Å². The van der Waals surface area contributed by atoms with Crippen LogP contribution in [0.5, 0.6) is 0 Å². The number of hydrogen-bond donors (Lipinski definition) is 0. The monoisotopic (exact) mass is 200 g/mol. The van der Waals surface area contributed by atoms with Gasteiger partial charge in [0.1, 0.15) is 6.54 Å². The fourth-order valence-electron chi connectivity index (χ4n) is 1.51. The molecule has 15 heavy (non-hydrogen) atoms. The van der Waals surface area contributed by atoms with Crippen LogP contribution in [0.15, 0.2) is 42.7 Å². The summed E-state index contributed by atoms with van der Waals surface area (Å²) in [7, 11) is 0. The van der Waals surface area contributed by atoms with Gasteiger partial charge in [-0.1, -0.05) is 24.3 Å². The molecule has 0 unspecified atom stereocenters. The Hall–Kier alpha value is -1.90. The van der Waals surface area contributed by atoms with Crippen LogP contribution < -0.4 is 0 Å². The standard InChI is InChI=1S/C12H12N2O/c1-10-5-2-3-6-11(10)12(15)9-14-8-4-7-13-14/h2-8H,9H2,1H3. The van der Waals surface area contributed by atoms with Crippen LogP contribution in [0.1, 0.15) is 15.9 Å². The van der Waals surface area contributed by atoms with Gasteiger partial charge in [-0.15, -0.1) is 0 Å². The molecule has 0 radical (unpaired) electrons. The van der Waals surface area contributed by atoms with E-state index in [0.717, 1.165) is 11.1 Å². The molecule has 3 nitrogen and oxygen atoms in total. The molecule has 1 aromatic heterocycles. The van der Waals surface area contributed by atoms with Crippen LogP contribution in [-0.4, -0.2) is 15.6 Å². The summed E-state index contributed by atoms with van der Waals surface area (Å²) in [6, 6.07) is 9.41. The van der Waals surface area contributed by atoms with E-state index in [1.807, 2.05) is 37.3 Å². The van der Waals surface area contributed by atoms with Gasteiger partial charge in [-0.05, 0) is 18.6 Å². The third kappa shape index (κ3) is 2.13. The molecule has 76 valence electrons. The van der Waals surface area contributed by atoms with Crippen molar-refractivity contribution in [3.8, 4) is 0 Å². The molecule has 0 saturated heterocycles. The predicted octanol–water partition coefficient (Wildman–Crippen LogP) is 2.07. The van der Waals surface area contributed by atoms with Crippen LogP contribution in [0, 0.1) is 6.92 Å². The van der Waals surface area contributed by atoms with E-state index in [1.54, 1.807) is 17.1 Å². The average molecular weight is 200 g/mol. The molecule has 2 aromatic rings. The molecular formula is C12H12N2O. The van der Waals surface area contributed by atoms with Gasteiger partial charge in [0, 0.05) is 18.0 Å². The van der Waals surface area contributed by atoms with Crippen LogP contribution in [0.25, 0.3) is 0 Å². The van der Waals surface area contributed by atoms with Gasteiger partial charge in [0.25, 0.3) is 0 Å². The number of benzene rings is 1. The summed E-state index contributed by atoms with van der Waals surface area (Å²) in [4.78, 5) is 11.9. The van der Waals surface area contributed by atoms with Crippen LogP contribution >= 0.6 is 0 Å². The Morgan fingerprint density at radius 1 is 1.33 bits per heavy atom. The molecule has 0 atom stereocenters. The maximum atomic E-state index is 11.9. The molecule has 0 saturated carbocycles. The van der Waals surface area contributed by atoms with Gasteiger partial charge in [-0.2, -0.15) is 5.10 Å². The Morgan fingerprint density at radius 2 is 2.13 bits per heavy atom. The van der Waals surface area contributed by atoms with E-state index in [0.29, 0.717) is 6.54 Å². The summed E-state index contributed by atoms with van der Waals surface area (Å²) in [5.74, 6) is 0.0943. The zero-order valence-corrected chi connectivity index (χ0v) is 8.55. The van der Waals surface area contributed by atoms with Crippen molar-refractivity contribution in [2.24, 2.45) is 0 Å². The van der Waals surface area contributed by atoms with Crippen LogP contribution in [0.3, 0.4) is 0 Å². The summed E-state index contributed by atoms with van der Waals surface area (Å²) in [6.07, 6.45) is 3.46. The second-order valence-corrected chi connectivity index (χ2v) is 3.44. The minimum atomic E-state index is 0.0943. The van der Waals surface area contributed by atoms with Crippen molar-refractivity contribution in [3.63, 3.8) is 0 Å². The van der Waals surface area contributed by atoms with Crippen molar-refractivity contribution in [2.45, 2.75) is 13.5 Å². The highest BCUT2D eigenvalue weighted by molar-refractivity contribution is 5.97. The Morgan fingerprint density at radius 3 is 2.80 bits per heavy atom. The van der Waals surface area contributed by atoms with E-state index in [-0.39, 0.29) is 5.78 Å². The van der Waals surface area contributed by atoms with Crippen LogP contribution in [0.2, 0.25) is 0 Å². The number of aromatic nitrogens is 2. The molecule has 1 aromatic carbocycles. The lowest BCUT2D eigenvalue weighted by Crippen LogP contribution is -2.11. The lowest BCUT2D eigenvalue weighted by Gasteiger charge is -2.04. The normalized spacial score (nSPS) is 10.2. The molecule has 0 N–H and O–H groups in total. The number of carbonyl (C=O) groups excluding carboxylic acids is 1. The molecule has 1 heterocycles. The van der Waals surface area contributed by atoms with Gasteiger partial charge in [0.15, 0.2) is 5.78 Å². The fourth-order valence-corrected chi connectivity index (χ4v) is 1.51. The summed E-state index contributed by atoms with van der Waals surface area (Å²) in [6.45, 7) is 2.24. The number of hydrogen-bond acceptors (Lipinski definition) is 2. The molecule has 0 aliphatic carbocycles. The number of rotatable bonds is 3. The first-order valence-corrected chi connectivity index (χ1v) is 4.83. The van der Waals surface area contributed by atoms with Crippen molar-refractivity contribution in [1.29, 1.82) is 0 Å². The predicted molar refractivity (Wildman–Crippen MR) is 57.7 cm³/mol. The molecule has 0 spiro atoms. The van der Waals surface area contributed by atoms with Crippen molar-refractivity contribution < 1.29 is 4.79 Å². The van der Waals surface area contributed by atoms with Gasteiger partial charge in [0.2, 0.25) is 0 Å². The van der Waals surface area contributed by atoms with Gasteiger partial charge in [0.05, 0.1) is 0 Å². The Bertz CT molecular complexity index is 460. The largest absolute Gasteiger partial charge is 0.292 e. The van der Waals surface area contributed by atoms with Gasteiger partial charge in [-0.25, -0.2) is 0 Å². The third-order valence-corrected chi connectivity index (χ3v) is 2.31. The zero-order chi connectivity index (χ0) is 10.7. The smallest absolute Gasteiger partial charge is 0.184 e. The highest BCUT2D eigenvalue weighted by Crippen LogP contribution is 2.08. The Labute approximate surface area is 88.4 Å². The van der Waals surface area contributed by atoms with E-state index in [9.17, 15) is 4.79 Å². The first-order chi connectivity index (χ1) is 7.27. The third-order valence-electron chi connectivity index (χ3n) is 2.31. The Kier molecular flexibility index (Phi) is 2.63. The number of Topliss-reactive ketones (excluding diaryl/α,β-unsaturated/α-hetero) is 1. The number of ketones is 1. The second kappa shape index (κ2) is 4.09. The van der Waals surface area contributed by atoms with E-state index < -0.39 is 0 Å². The molecule has 0 amide bonds. The summed E-state index contributed by atoms with van der Waals surface area (Å²) in [5, 5.41) is 4.01. The SMILES string of the molecule is Cc1ccccc1C(=O)Cn1cccn1. The van der Waals surface area contributed by atoms with Crippen LogP contribution in [-0.2, 0) is 6.54 Å². The minimum Gasteiger partial charge on any atom is -0.292 e. The molecule has 0 aliphatic rings. The van der Waals surface area contributed by atoms with Gasteiger partial charge < -0.3 is 0 Å². The molecule has 3 heteroatoms. The van der Waals surface area contributed by atoms with Crippen molar-refractivity contribution in [2.75, 3.05) is 0 Å². The number of nitrogens with zero attached hydrogens (tertiary/aromatic N) is 2. The highest BCUT2D eigenvalue weighted by Gasteiger charge is 2.08. The van der Waals surface area contributed by atoms with Gasteiger partial charge >= 0.3 is 0 Å². The maximum absolute atomic E-state index is 11.9. The molecule has 0 aliphatic heterocycles. The van der Waals surface area contributed by atoms with Gasteiger partial charge in [-0.3, -0.25) is 9.48 Å². The van der Waals surface area contributed by atoms with Crippen LogP contribution in [0.4, 0.5) is 0 Å². The summed E-state index contributed by atoms with van der Waals surface area (Å²) < 4.78 is 1.63. The van der Waals surface area contributed by atoms with E-state index in [2.05, 4.69) is 5.10 Å². The first kappa shape index (κ1) is 9.65. The zero-order valence-electron chi connectivity index (χ0n) is 8.55. The molecular weight excluding hydrogens is 188 g/mol. The Balaban J connectivity index is 2.19. The highest BCUT2D eigenvalue weighted by atomic mass is 16.1. The van der Waals surface area contributed by atoms with Crippen molar-refractivity contribution in [3.05, 3.63) is 53.9 Å². The lowest BCUT2D eigenvalue weighted by atomic mass is 10.1. The quantitative estimate of drug-likeness (QED) is 0.711. The van der Waals surface area contributed by atoms with E-state index in [4.69, 9.17) is 0 Å². The summed E-state index contributed by atoms with van der Waals surface area (Å²) >= 11 is 0. The maximum Gasteiger partial charge on any atom is 0.184 e. The fraction of sp³-hybridized carbons (Fsp3) is 0.167. The van der Waals surface area contributed by atoms with E-state index >= 15 is 0 Å². The van der Waals surface area contributed by atoms with E-state index in [1.165, 1.54) is 0 Å². The number of aryl methyl sites for hydroxylation is 1. The lowest BCUT2D eigenvalue weighted by molar-refractivity contribution is 0.0967. The summed E-state index contributed by atoms with van der Waals surface area (Å²) in [5.41, 5.74) is 1.78. The first-order valence-electron chi connectivity index (χ1n) is 4.83. The molecule has 2 rings (SSSR count). The average Bonchev–Trinajstić information content (AvgIpc) is 2.71. The van der Waals surface area contributed by atoms with Crippen molar-refractivity contribution in [1.82, 2.24) is 9.78 Å². The molecule has 0 fully saturated rings. The molecule has 0 bridgehead atoms. The second-order valence-electron chi connectivity index (χ2n) is 3.44. The van der Waals surface area contributed by atoms with Crippen molar-refractivity contribution >= 4 is 5.78 Å². The minimum absolute atomic E-state index is 0.0943. The number of carbonyl (C=O) groups is 1.